The molecule has 0 saturated carbocycles. The van der Waals surface area contributed by atoms with Crippen molar-refractivity contribution in [1.29, 1.82) is 0 Å². The maximum atomic E-state index is 12.6. The summed E-state index contributed by atoms with van der Waals surface area (Å²) in [5.74, 6) is 0.0591. The molecule has 0 N–H and O–H groups in total. The highest BCUT2D eigenvalue weighted by Crippen LogP contribution is 2.22. The van der Waals surface area contributed by atoms with Crippen molar-refractivity contribution in [2.75, 3.05) is 19.6 Å². The Morgan fingerprint density at radius 3 is 2.50 bits per heavy atom. The molecule has 1 saturated heterocycles. The fraction of sp³-hybridized carbons (Fsp3) is 0.625. The van der Waals surface area contributed by atoms with E-state index in [0.717, 1.165) is 10.4 Å². The van der Waals surface area contributed by atoms with Gasteiger partial charge in [-0.25, -0.2) is 4.79 Å². The van der Waals surface area contributed by atoms with Crippen LogP contribution in [0.1, 0.15) is 42.9 Å². The summed E-state index contributed by atoms with van der Waals surface area (Å²) in [6.07, 6.45) is -0.307. The fourth-order valence-corrected chi connectivity index (χ4v) is 3.35. The van der Waals surface area contributed by atoms with Crippen LogP contribution in [0.5, 0.6) is 0 Å². The Hall–Kier alpha value is -1.56. The van der Waals surface area contributed by atoms with Crippen LogP contribution in [-0.4, -0.2) is 53.1 Å². The van der Waals surface area contributed by atoms with Gasteiger partial charge in [-0.1, -0.05) is 0 Å². The van der Waals surface area contributed by atoms with Gasteiger partial charge in [0.1, 0.15) is 5.60 Å². The molecule has 6 heteroatoms. The molecular formula is C16H24N2O3S. The van der Waals surface area contributed by atoms with Crippen LogP contribution in [0.4, 0.5) is 4.79 Å². The summed E-state index contributed by atoms with van der Waals surface area (Å²) in [4.78, 5) is 29.0. The minimum absolute atomic E-state index is 0.0183. The Balaban J connectivity index is 2.00. The predicted molar refractivity (Wildman–Crippen MR) is 87.4 cm³/mol. The molecule has 0 unspecified atom stereocenters. The Labute approximate surface area is 135 Å². The molecule has 1 aromatic heterocycles. The van der Waals surface area contributed by atoms with Gasteiger partial charge in [0.2, 0.25) is 0 Å². The minimum Gasteiger partial charge on any atom is -0.444 e. The standard InChI is InChI=1S/C16H24N2O3S/c1-11-6-9-22-13(11)14(19)18-8-7-17(10-12(18)2)15(20)21-16(3,4)5/h6,9,12H,7-8,10H2,1-5H3/t12-/m0/s1. The Bertz CT molecular complexity index is 562. The van der Waals surface area contributed by atoms with Crippen molar-refractivity contribution < 1.29 is 14.3 Å². The molecule has 0 spiro atoms. The van der Waals surface area contributed by atoms with Crippen LogP contribution in [0.3, 0.4) is 0 Å². The van der Waals surface area contributed by atoms with Crippen LogP contribution in [0.25, 0.3) is 0 Å². The summed E-state index contributed by atoms with van der Waals surface area (Å²) in [6, 6.07) is 1.94. The van der Waals surface area contributed by atoms with Crippen LogP contribution >= 0.6 is 11.3 Å². The van der Waals surface area contributed by atoms with E-state index in [1.54, 1.807) is 4.90 Å². The topological polar surface area (TPSA) is 49.9 Å². The zero-order valence-electron chi connectivity index (χ0n) is 13.9. The molecule has 1 aromatic rings. The summed E-state index contributed by atoms with van der Waals surface area (Å²) >= 11 is 1.47. The molecule has 2 rings (SSSR count). The molecule has 2 heterocycles. The van der Waals surface area contributed by atoms with E-state index < -0.39 is 5.60 Å². The molecule has 22 heavy (non-hydrogen) atoms. The van der Waals surface area contributed by atoms with Gasteiger partial charge in [-0.15, -0.1) is 11.3 Å². The maximum Gasteiger partial charge on any atom is 0.410 e. The lowest BCUT2D eigenvalue weighted by atomic mass is 10.1. The number of carbonyl (C=O) groups excluding carboxylic acids is 2. The Kier molecular flexibility index (Phi) is 4.80. The van der Waals surface area contributed by atoms with Gasteiger partial charge >= 0.3 is 6.09 Å². The predicted octanol–water partition coefficient (Wildman–Crippen LogP) is 3.14. The van der Waals surface area contributed by atoms with Crippen LogP contribution in [0.15, 0.2) is 11.4 Å². The first-order valence-electron chi connectivity index (χ1n) is 7.52. The quantitative estimate of drug-likeness (QED) is 0.797. The second-order valence-electron chi connectivity index (χ2n) is 6.71. The van der Waals surface area contributed by atoms with Crippen LogP contribution in [0.2, 0.25) is 0 Å². The normalized spacial score (nSPS) is 19.2. The van der Waals surface area contributed by atoms with E-state index in [0.29, 0.717) is 19.6 Å². The van der Waals surface area contributed by atoms with E-state index in [9.17, 15) is 9.59 Å². The monoisotopic (exact) mass is 324 g/mol. The number of hydrogen-bond acceptors (Lipinski definition) is 4. The second kappa shape index (κ2) is 6.28. The third-order valence-corrected chi connectivity index (χ3v) is 4.60. The lowest BCUT2D eigenvalue weighted by Gasteiger charge is -2.40. The van der Waals surface area contributed by atoms with Gasteiger partial charge < -0.3 is 14.5 Å². The first-order chi connectivity index (χ1) is 10.2. The molecule has 2 amide bonds. The molecule has 1 fully saturated rings. The number of nitrogens with zero attached hydrogens (tertiary/aromatic N) is 2. The van der Waals surface area contributed by atoms with E-state index in [-0.39, 0.29) is 18.0 Å². The number of aryl methyl sites for hydroxylation is 1. The summed E-state index contributed by atoms with van der Waals surface area (Å²) in [7, 11) is 0. The van der Waals surface area contributed by atoms with Gasteiger partial charge in [0, 0.05) is 25.7 Å². The summed E-state index contributed by atoms with van der Waals surface area (Å²) in [5, 5.41) is 1.93. The number of piperazine rings is 1. The minimum atomic E-state index is -0.499. The van der Waals surface area contributed by atoms with Gasteiger partial charge in [-0.3, -0.25) is 4.79 Å². The molecular weight excluding hydrogens is 300 g/mol. The van der Waals surface area contributed by atoms with E-state index >= 15 is 0 Å². The van der Waals surface area contributed by atoms with Crippen LogP contribution in [0, 0.1) is 6.92 Å². The number of rotatable bonds is 1. The first kappa shape index (κ1) is 16.8. The lowest BCUT2D eigenvalue weighted by Crippen LogP contribution is -2.56. The van der Waals surface area contributed by atoms with Gasteiger partial charge in [0.05, 0.1) is 4.88 Å². The third-order valence-electron chi connectivity index (χ3n) is 3.60. The van der Waals surface area contributed by atoms with Crippen molar-refractivity contribution in [3.63, 3.8) is 0 Å². The molecule has 1 aliphatic rings. The zero-order chi connectivity index (χ0) is 16.5. The van der Waals surface area contributed by atoms with Crippen LogP contribution in [-0.2, 0) is 4.74 Å². The molecule has 5 nitrogen and oxygen atoms in total. The highest BCUT2D eigenvalue weighted by Gasteiger charge is 2.33. The van der Waals surface area contributed by atoms with Gasteiger partial charge in [-0.05, 0) is 51.6 Å². The SMILES string of the molecule is Cc1ccsc1C(=O)N1CCN(C(=O)OC(C)(C)C)C[C@@H]1C. The van der Waals surface area contributed by atoms with E-state index in [1.807, 2.05) is 51.0 Å². The molecule has 0 aromatic carbocycles. The van der Waals surface area contributed by atoms with Crippen molar-refractivity contribution in [3.8, 4) is 0 Å². The summed E-state index contributed by atoms with van der Waals surface area (Å²) in [5.41, 5.74) is 0.512. The molecule has 122 valence electrons. The van der Waals surface area contributed by atoms with E-state index in [4.69, 9.17) is 4.74 Å². The smallest absolute Gasteiger partial charge is 0.410 e. The van der Waals surface area contributed by atoms with Crippen LogP contribution < -0.4 is 0 Å². The zero-order valence-corrected chi connectivity index (χ0v) is 14.7. The fourth-order valence-electron chi connectivity index (χ4n) is 2.47. The molecule has 0 aliphatic carbocycles. The number of amides is 2. The highest BCUT2D eigenvalue weighted by molar-refractivity contribution is 7.12. The Morgan fingerprint density at radius 2 is 2.00 bits per heavy atom. The molecule has 0 radical (unpaired) electrons. The largest absolute Gasteiger partial charge is 0.444 e. The number of ether oxygens (including phenoxy) is 1. The number of hydrogen-bond donors (Lipinski definition) is 0. The van der Waals surface area contributed by atoms with E-state index in [2.05, 4.69) is 0 Å². The average Bonchev–Trinajstić information content (AvgIpc) is 2.82. The average molecular weight is 324 g/mol. The van der Waals surface area contributed by atoms with Crippen molar-refractivity contribution in [3.05, 3.63) is 21.9 Å². The first-order valence-corrected chi connectivity index (χ1v) is 8.40. The molecule has 1 atom stereocenters. The van der Waals surface area contributed by atoms with Gasteiger partial charge in [-0.2, -0.15) is 0 Å². The van der Waals surface area contributed by atoms with Crippen molar-refractivity contribution in [2.24, 2.45) is 0 Å². The van der Waals surface area contributed by atoms with Crippen molar-refractivity contribution >= 4 is 23.3 Å². The van der Waals surface area contributed by atoms with Crippen molar-refractivity contribution in [1.82, 2.24) is 9.80 Å². The van der Waals surface area contributed by atoms with Gasteiger partial charge in [0.15, 0.2) is 0 Å². The third kappa shape index (κ3) is 3.80. The van der Waals surface area contributed by atoms with Gasteiger partial charge in [0.25, 0.3) is 5.91 Å². The summed E-state index contributed by atoms with van der Waals surface area (Å²) < 4.78 is 5.40. The van der Waals surface area contributed by atoms with Crippen molar-refractivity contribution in [2.45, 2.75) is 46.3 Å². The lowest BCUT2D eigenvalue weighted by molar-refractivity contribution is 0.00625. The Morgan fingerprint density at radius 1 is 1.32 bits per heavy atom. The maximum absolute atomic E-state index is 12.6. The highest BCUT2D eigenvalue weighted by atomic mass is 32.1. The summed E-state index contributed by atoms with van der Waals surface area (Å²) in [6.45, 7) is 11.0. The number of thiophene rings is 1. The number of carbonyl (C=O) groups is 2. The molecule has 1 aliphatic heterocycles. The molecule has 0 bridgehead atoms. The second-order valence-corrected chi connectivity index (χ2v) is 7.62. The van der Waals surface area contributed by atoms with E-state index in [1.165, 1.54) is 11.3 Å².